The molecule has 0 aliphatic rings. The van der Waals surface area contributed by atoms with Gasteiger partial charge in [0.05, 0.1) is 6.61 Å². The summed E-state index contributed by atoms with van der Waals surface area (Å²) in [5.74, 6) is 0.0231. The second-order valence-electron chi connectivity index (χ2n) is 0.938. The molecule has 3 nitrogen and oxygen atoms in total. The fourth-order valence-corrected chi connectivity index (χ4v) is 0.0913. The van der Waals surface area contributed by atoms with E-state index in [2.05, 4.69) is 0 Å². The van der Waals surface area contributed by atoms with Crippen molar-refractivity contribution >= 4 is 0 Å². The minimum absolute atomic E-state index is 0. The molecule has 4 N–H and O–H groups in total. The average molecular weight is 106 g/mol. The van der Waals surface area contributed by atoms with Crippen molar-refractivity contribution in [2.24, 2.45) is 0 Å². The van der Waals surface area contributed by atoms with E-state index in [1.165, 1.54) is 6.08 Å². The highest BCUT2D eigenvalue weighted by Crippen LogP contribution is 1.79. The summed E-state index contributed by atoms with van der Waals surface area (Å²) in [5.41, 5.74) is 0. The second-order valence-corrected chi connectivity index (χ2v) is 0.938. The molecular formula is C4H10O3. The van der Waals surface area contributed by atoms with Crippen LogP contribution in [0.5, 0.6) is 0 Å². The molecule has 0 fully saturated rings. The lowest BCUT2D eigenvalue weighted by Crippen LogP contribution is -1.84. The maximum atomic E-state index is 8.28. The molecule has 0 bridgehead atoms. The van der Waals surface area contributed by atoms with Gasteiger partial charge < -0.3 is 15.7 Å². The quantitative estimate of drug-likeness (QED) is 0.447. The van der Waals surface area contributed by atoms with Crippen LogP contribution in [0.1, 0.15) is 6.92 Å². The lowest BCUT2D eigenvalue weighted by molar-refractivity contribution is 0.253. The molecule has 0 aliphatic heterocycles. The van der Waals surface area contributed by atoms with E-state index in [4.69, 9.17) is 10.2 Å². The molecule has 0 aromatic rings. The highest BCUT2D eigenvalue weighted by atomic mass is 16.3. The lowest BCUT2D eigenvalue weighted by Gasteiger charge is -1.84. The van der Waals surface area contributed by atoms with Crippen molar-refractivity contribution in [2.75, 3.05) is 6.61 Å². The van der Waals surface area contributed by atoms with Gasteiger partial charge in [0.1, 0.15) is 5.76 Å². The first-order valence-electron chi connectivity index (χ1n) is 1.76. The molecule has 0 aromatic heterocycles. The number of allylic oxidation sites excluding steroid dienone is 1. The first kappa shape index (κ1) is 9.68. The van der Waals surface area contributed by atoms with Gasteiger partial charge in [-0.1, -0.05) is 0 Å². The van der Waals surface area contributed by atoms with E-state index in [0.29, 0.717) is 0 Å². The molecule has 0 aromatic carbocycles. The summed E-state index contributed by atoms with van der Waals surface area (Å²) < 4.78 is 0. The fourth-order valence-electron chi connectivity index (χ4n) is 0.0913. The van der Waals surface area contributed by atoms with Gasteiger partial charge in [0.15, 0.2) is 0 Å². The maximum absolute atomic E-state index is 8.28. The van der Waals surface area contributed by atoms with Gasteiger partial charge in [-0.15, -0.1) is 0 Å². The Hall–Kier alpha value is -0.540. The van der Waals surface area contributed by atoms with Gasteiger partial charge in [-0.25, -0.2) is 0 Å². The predicted octanol–water partition coefficient (Wildman–Crippen LogP) is -0.384. The molecule has 0 rings (SSSR count). The third-order valence-corrected chi connectivity index (χ3v) is 0.495. The van der Waals surface area contributed by atoms with E-state index in [1.807, 2.05) is 0 Å². The smallest absolute Gasteiger partial charge is 0.113 e. The molecule has 0 atom stereocenters. The van der Waals surface area contributed by atoms with E-state index < -0.39 is 0 Å². The van der Waals surface area contributed by atoms with Crippen molar-refractivity contribution in [3.63, 3.8) is 0 Å². The Kier molecular flexibility index (Phi) is 7.55. The van der Waals surface area contributed by atoms with Gasteiger partial charge in [-0.2, -0.15) is 0 Å². The Labute approximate surface area is 42.2 Å². The Balaban J connectivity index is 0. The van der Waals surface area contributed by atoms with Crippen molar-refractivity contribution < 1.29 is 15.7 Å². The minimum Gasteiger partial charge on any atom is -0.510 e. The average Bonchev–Trinajstić information content (AvgIpc) is 1.65. The number of hydrogen-bond donors (Lipinski definition) is 2. The van der Waals surface area contributed by atoms with Crippen molar-refractivity contribution in [3.05, 3.63) is 11.8 Å². The van der Waals surface area contributed by atoms with Crippen LogP contribution in [0, 0.1) is 0 Å². The van der Waals surface area contributed by atoms with Crippen LogP contribution in [0.2, 0.25) is 0 Å². The molecule has 7 heavy (non-hydrogen) atoms. The SMILES string of the molecule is CC=C(O)CO.O. The Morgan fingerprint density at radius 1 is 1.71 bits per heavy atom. The van der Waals surface area contributed by atoms with Crippen molar-refractivity contribution in [3.8, 4) is 0 Å². The van der Waals surface area contributed by atoms with E-state index in [-0.39, 0.29) is 17.8 Å². The Morgan fingerprint density at radius 2 is 2.14 bits per heavy atom. The molecule has 3 heteroatoms. The molecule has 0 radical (unpaired) electrons. The number of aliphatic hydroxyl groups excluding tert-OH is 2. The number of aliphatic hydroxyl groups is 2. The zero-order valence-corrected chi connectivity index (χ0v) is 4.18. The standard InChI is InChI=1S/C4H8O2.H2O/c1-2-4(6)3-5;/h2,5-6H,3H2,1H3;1H2. The van der Waals surface area contributed by atoms with Crippen LogP contribution in [-0.4, -0.2) is 22.3 Å². The predicted molar refractivity (Wildman–Crippen MR) is 27.1 cm³/mol. The molecular weight excluding hydrogens is 96.0 g/mol. The first-order valence-corrected chi connectivity index (χ1v) is 1.76. The van der Waals surface area contributed by atoms with Crippen molar-refractivity contribution in [2.45, 2.75) is 6.92 Å². The summed E-state index contributed by atoms with van der Waals surface area (Å²) in [6.07, 6.45) is 1.44. The van der Waals surface area contributed by atoms with E-state index in [9.17, 15) is 0 Å². The second kappa shape index (κ2) is 5.46. The molecule has 0 aliphatic carbocycles. The molecule has 0 amide bonds. The molecule has 0 saturated heterocycles. The van der Waals surface area contributed by atoms with E-state index in [0.717, 1.165) is 0 Å². The monoisotopic (exact) mass is 106 g/mol. The summed E-state index contributed by atoms with van der Waals surface area (Å²) in [6, 6.07) is 0. The number of hydrogen-bond acceptors (Lipinski definition) is 2. The van der Waals surface area contributed by atoms with Crippen LogP contribution in [0.25, 0.3) is 0 Å². The normalized spacial score (nSPS) is 10.3. The van der Waals surface area contributed by atoms with Gasteiger partial charge in [-0.3, -0.25) is 0 Å². The van der Waals surface area contributed by atoms with E-state index >= 15 is 0 Å². The maximum Gasteiger partial charge on any atom is 0.113 e. The van der Waals surface area contributed by atoms with Crippen molar-refractivity contribution in [1.29, 1.82) is 0 Å². The third-order valence-electron chi connectivity index (χ3n) is 0.495. The highest BCUT2D eigenvalue weighted by molar-refractivity contribution is 4.85. The lowest BCUT2D eigenvalue weighted by atomic mass is 10.5. The van der Waals surface area contributed by atoms with Gasteiger partial charge in [0.25, 0.3) is 0 Å². The molecule has 44 valence electrons. The molecule has 0 unspecified atom stereocenters. The van der Waals surface area contributed by atoms with E-state index in [1.54, 1.807) is 6.92 Å². The zero-order chi connectivity index (χ0) is 4.99. The molecule has 0 saturated carbocycles. The van der Waals surface area contributed by atoms with Crippen LogP contribution in [0.15, 0.2) is 11.8 Å². The van der Waals surface area contributed by atoms with Gasteiger partial charge in [0, 0.05) is 0 Å². The number of rotatable bonds is 1. The van der Waals surface area contributed by atoms with Crippen LogP contribution < -0.4 is 0 Å². The summed E-state index contributed by atoms with van der Waals surface area (Å²) in [4.78, 5) is 0. The minimum atomic E-state index is -0.253. The summed E-state index contributed by atoms with van der Waals surface area (Å²) in [7, 11) is 0. The Bertz CT molecular complexity index is 58.0. The van der Waals surface area contributed by atoms with Crippen molar-refractivity contribution in [1.82, 2.24) is 0 Å². The summed E-state index contributed by atoms with van der Waals surface area (Å²) in [5, 5.41) is 16.3. The zero-order valence-electron chi connectivity index (χ0n) is 4.18. The molecule has 0 spiro atoms. The van der Waals surface area contributed by atoms with Crippen LogP contribution in [0.4, 0.5) is 0 Å². The molecule has 0 heterocycles. The summed E-state index contributed by atoms with van der Waals surface area (Å²) in [6.45, 7) is 1.40. The van der Waals surface area contributed by atoms with Gasteiger partial charge in [0.2, 0.25) is 0 Å². The van der Waals surface area contributed by atoms with Gasteiger partial charge in [-0.05, 0) is 13.0 Å². The summed E-state index contributed by atoms with van der Waals surface area (Å²) >= 11 is 0. The van der Waals surface area contributed by atoms with Crippen LogP contribution in [0.3, 0.4) is 0 Å². The topological polar surface area (TPSA) is 72.0 Å². The highest BCUT2D eigenvalue weighted by Gasteiger charge is 1.77. The Morgan fingerprint density at radius 3 is 2.14 bits per heavy atom. The third kappa shape index (κ3) is 5.46. The van der Waals surface area contributed by atoms with Crippen LogP contribution >= 0.6 is 0 Å². The largest absolute Gasteiger partial charge is 0.510 e. The van der Waals surface area contributed by atoms with Crippen LogP contribution in [-0.2, 0) is 0 Å². The fraction of sp³-hybridized carbons (Fsp3) is 0.500. The van der Waals surface area contributed by atoms with Gasteiger partial charge >= 0.3 is 0 Å². The first-order chi connectivity index (χ1) is 2.81.